The molecule has 38 heavy (non-hydrogen) atoms. The Hall–Kier alpha value is -2.75. The summed E-state index contributed by atoms with van der Waals surface area (Å²) in [6.45, 7) is 4.29. The first-order valence-electron chi connectivity index (χ1n) is 13.6. The highest BCUT2D eigenvalue weighted by molar-refractivity contribution is 6.34. The summed E-state index contributed by atoms with van der Waals surface area (Å²) in [6.07, 6.45) is 6.51. The third-order valence-electron chi connectivity index (χ3n) is 9.04. The number of aromatic nitrogens is 2. The Bertz CT molecular complexity index is 1370. The molecule has 2 bridgehead atoms. The third-order valence-corrected chi connectivity index (χ3v) is 9.34. The van der Waals surface area contributed by atoms with Crippen molar-refractivity contribution in [2.45, 2.75) is 56.1 Å². The molecule has 0 radical (unpaired) electrons. The van der Waals surface area contributed by atoms with E-state index in [9.17, 15) is 4.39 Å². The average Bonchev–Trinajstić information content (AvgIpc) is 3.55. The number of halogens is 3. The topological polar surface area (TPSA) is 79.5 Å². The standard InChI is InChI=1S/C28H31ClF2N6O/c29-19-12-18-25(24(31)22(19)23-20(30)4-1-5-21(23)32)34-27(38-15-28-8-2-10-36(28)11-3-9-28)35-26(18)37-16-6-7-17(37)14-33-13-16/h1,4-5,12,16-17,33H,2-3,6-11,13-15,32H2. The van der Waals surface area contributed by atoms with Crippen LogP contribution in [0.1, 0.15) is 38.5 Å². The maximum Gasteiger partial charge on any atom is 0.319 e. The third kappa shape index (κ3) is 3.73. The first kappa shape index (κ1) is 24.3. The molecule has 5 heterocycles. The van der Waals surface area contributed by atoms with Crippen LogP contribution >= 0.6 is 11.6 Å². The van der Waals surface area contributed by atoms with E-state index in [0.717, 1.165) is 64.7 Å². The van der Waals surface area contributed by atoms with Crippen molar-refractivity contribution >= 4 is 34.0 Å². The number of nitrogens with zero attached hydrogens (tertiary/aromatic N) is 4. The summed E-state index contributed by atoms with van der Waals surface area (Å²) in [6, 6.07) is 6.54. The molecule has 3 N–H and O–H groups in total. The molecule has 0 spiro atoms. The Morgan fingerprint density at radius 1 is 1.08 bits per heavy atom. The zero-order chi connectivity index (χ0) is 26.0. The molecule has 0 amide bonds. The van der Waals surface area contributed by atoms with Gasteiger partial charge in [0.05, 0.1) is 10.6 Å². The van der Waals surface area contributed by atoms with Crippen molar-refractivity contribution in [3.05, 3.63) is 40.9 Å². The molecule has 10 heteroatoms. The fourth-order valence-electron chi connectivity index (χ4n) is 7.24. The number of ether oxygens (including phenoxy) is 1. The van der Waals surface area contributed by atoms with Gasteiger partial charge in [-0.05, 0) is 69.8 Å². The predicted octanol–water partition coefficient (Wildman–Crippen LogP) is 4.76. The second-order valence-corrected chi connectivity index (χ2v) is 11.5. The van der Waals surface area contributed by atoms with Crippen LogP contribution in [0, 0.1) is 11.6 Å². The summed E-state index contributed by atoms with van der Waals surface area (Å²) in [4.78, 5) is 14.2. The quantitative estimate of drug-likeness (QED) is 0.452. The lowest BCUT2D eigenvalue weighted by molar-refractivity contribution is 0.108. The van der Waals surface area contributed by atoms with Gasteiger partial charge in [0.2, 0.25) is 0 Å². The number of nitrogens with two attached hydrogens (primary N) is 1. The van der Waals surface area contributed by atoms with E-state index in [2.05, 4.69) is 20.1 Å². The predicted molar refractivity (Wildman–Crippen MR) is 145 cm³/mol. The number of nitrogens with one attached hydrogen (secondary N) is 1. The lowest BCUT2D eigenvalue weighted by Gasteiger charge is -2.37. The highest BCUT2D eigenvalue weighted by Gasteiger charge is 2.45. The largest absolute Gasteiger partial charge is 0.461 e. The molecule has 0 saturated carbocycles. The van der Waals surface area contributed by atoms with Crippen molar-refractivity contribution in [1.29, 1.82) is 0 Å². The fourth-order valence-corrected chi connectivity index (χ4v) is 7.53. The molecule has 2 unspecified atom stereocenters. The zero-order valence-corrected chi connectivity index (χ0v) is 21.9. The molecular formula is C28H31ClF2N6O. The number of benzene rings is 2. The zero-order valence-electron chi connectivity index (χ0n) is 21.2. The number of nitrogen functional groups attached to an aromatic ring is 1. The van der Waals surface area contributed by atoms with Gasteiger partial charge in [0.1, 0.15) is 23.8 Å². The van der Waals surface area contributed by atoms with Gasteiger partial charge in [0, 0.05) is 47.4 Å². The van der Waals surface area contributed by atoms with Crippen molar-refractivity contribution in [3.8, 4) is 17.1 Å². The minimum absolute atomic E-state index is 0.00211. The first-order chi connectivity index (χ1) is 18.4. The van der Waals surface area contributed by atoms with Crippen LogP contribution in [0.2, 0.25) is 5.02 Å². The van der Waals surface area contributed by atoms with Crippen LogP contribution in [-0.4, -0.2) is 65.3 Å². The maximum absolute atomic E-state index is 16.4. The van der Waals surface area contributed by atoms with Crippen molar-refractivity contribution in [3.63, 3.8) is 0 Å². The van der Waals surface area contributed by atoms with Gasteiger partial charge in [-0.2, -0.15) is 9.97 Å². The summed E-state index contributed by atoms with van der Waals surface area (Å²) in [7, 11) is 0. The highest BCUT2D eigenvalue weighted by atomic mass is 35.5. The maximum atomic E-state index is 16.4. The van der Waals surface area contributed by atoms with Gasteiger partial charge in [-0.15, -0.1) is 0 Å². The van der Waals surface area contributed by atoms with Crippen LogP contribution in [0.3, 0.4) is 0 Å². The molecule has 200 valence electrons. The van der Waals surface area contributed by atoms with Gasteiger partial charge in [-0.1, -0.05) is 17.7 Å². The van der Waals surface area contributed by atoms with Gasteiger partial charge in [-0.3, -0.25) is 4.90 Å². The molecule has 0 aliphatic carbocycles. The Morgan fingerprint density at radius 3 is 2.53 bits per heavy atom. The van der Waals surface area contributed by atoms with E-state index < -0.39 is 11.6 Å². The molecule has 4 aliphatic rings. The molecule has 4 aliphatic heterocycles. The Kier molecular flexibility index (Phi) is 5.87. The molecule has 4 fully saturated rings. The van der Waals surface area contributed by atoms with Crippen LogP contribution in [0.5, 0.6) is 6.01 Å². The summed E-state index contributed by atoms with van der Waals surface area (Å²) < 4.78 is 37.6. The SMILES string of the molecule is Nc1cccc(F)c1-c1c(Cl)cc2c(N3C4CCC3CNC4)nc(OCC34CCCN3CCC4)nc2c1F. The summed E-state index contributed by atoms with van der Waals surface area (Å²) >= 11 is 6.65. The number of hydrogen-bond donors (Lipinski definition) is 2. The second-order valence-electron chi connectivity index (χ2n) is 11.1. The minimum Gasteiger partial charge on any atom is -0.461 e. The lowest BCUT2D eigenvalue weighted by Crippen LogP contribution is -2.52. The van der Waals surface area contributed by atoms with Crippen molar-refractivity contribution in [2.24, 2.45) is 0 Å². The van der Waals surface area contributed by atoms with Crippen LogP contribution in [0.4, 0.5) is 20.3 Å². The van der Waals surface area contributed by atoms with E-state index in [1.165, 1.54) is 18.2 Å². The second kappa shape index (κ2) is 9.17. The minimum atomic E-state index is -0.721. The number of hydrogen-bond acceptors (Lipinski definition) is 7. The fraction of sp³-hybridized carbons (Fsp3) is 0.500. The number of anilines is 2. The van der Waals surface area contributed by atoms with Gasteiger partial charge in [0.15, 0.2) is 5.82 Å². The molecule has 2 aromatic carbocycles. The molecular weight excluding hydrogens is 510 g/mol. The van der Waals surface area contributed by atoms with Gasteiger partial charge >= 0.3 is 6.01 Å². The summed E-state index contributed by atoms with van der Waals surface area (Å²) in [5, 5.41) is 4.05. The Morgan fingerprint density at radius 2 is 1.82 bits per heavy atom. The van der Waals surface area contributed by atoms with E-state index in [-0.39, 0.29) is 51.0 Å². The number of rotatable bonds is 5. The molecule has 1 aromatic heterocycles. The Balaban J connectivity index is 1.38. The first-order valence-corrected chi connectivity index (χ1v) is 13.9. The van der Waals surface area contributed by atoms with Crippen LogP contribution in [0.15, 0.2) is 24.3 Å². The van der Waals surface area contributed by atoms with E-state index in [0.29, 0.717) is 17.8 Å². The van der Waals surface area contributed by atoms with Crippen molar-refractivity contribution in [2.75, 3.05) is 43.4 Å². The van der Waals surface area contributed by atoms with Gasteiger partial charge < -0.3 is 20.7 Å². The molecule has 7 rings (SSSR count). The number of fused-ring (bicyclic) bond motifs is 4. The van der Waals surface area contributed by atoms with Gasteiger partial charge in [0.25, 0.3) is 0 Å². The smallest absolute Gasteiger partial charge is 0.319 e. The van der Waals surface area contributed by atoms with Crippen molar-refractivity contribution in [1.82, 2.24) is 20.2 Å². The monoisotopic (exact) mass is 540 g/mol. The van der Waals surface area contributed by atoms with E-state index in [4.69, 9.17) is 27.1 Å². The van der Waals surface area contributed by atoms with Crippen molar-refractivity contribution < 1.29 is 13.5 Å². The molecule has 3 aromatic rings. The number of piperazine rings is 1. The average molecular weight is 541 g/mol. The Labute approximate surface area is 225 Å². The van der Waals surface area contributed by atoms with Crippen LogP contribution in [0.25, 0.3) is 22.0 Å². The van der Waals surface area contributed by atoms with Crippen LogP contribution < -0.4 is 20.7 Å². The normalized spacial score (nSPS) is 24.3. The van der Waals surface area contributed by atoms with Gasteiger partial charge in [-0.25, -0.2) is 8.78 Å². The van der Waals surface area contributed by atoms with E-state index in [1.807, 2.05) is 0 Å². The van der Waals surface area contributed by atoms with E-state index in [1.54, 1.807) is 6.07 Å². The summed E-state index contributed by atoms with van der Waals surface area (Å²) in [5.74, 6) is -0.737. The van der Waals surface area contributed by atoms with Crippen LogP contribution in [-0.2, 0) is 0 Å². The van der Waals surface area contributed by atoms with E-state index >= 15 is 4.39 Å². The highest BCUT2D eigenvalue weighted by Crippen LogP contribution is 2.44. The summed E-state index contributed by atoms with van der Waals surface area (Å²) in [5.41, 5.74) is 6.10. The molecule has 2 atom stereocenters. The molecule has 4 saturated heterocycles. The lowest BCUT2D eigenvalue weighted by atomic mass is 9.95. The molecule has 7 nitrogen and oxygen atoms in total.